The molecule has 1 aliphatic heterocycles. The van der Waals surface area contributed by atoms with Crippen LogP contribution in [0.15, 0.2) is 0 Å². The second-order valence-electron chi connectivity index (χ2n) is 4.60. The van der Waals surface area contributed by atoms with Crippen LogP contribution in [0.3, 0.4) is 0 Å². The van der Waals surface area contributed by atoms with Gasteiger partial charge in [-0.05, 0) is 20.3 Å². The molecule has 78 valence electrons. The lowest BCUT2D eigenvalue weighted by Gasteiger charge is -2.35. The fraction of sp³-hybridized carbons (Fsp3) is 0.818. The maximum Gasteiger partial charge on any atom is 0.224 e. The quantitative estimate of drug-likeness (QED) is 0.689. The number of hydrogen-bond acceptors (Lipinski definition) is 2. The van der Waals surface area contributed by atoms with Gasteiger partial charge in [0.15, 0.2) is 0 Å². The lowest BCUT2D eigenvalue weighted by Crippen LogP contribution is -2.44. The van der Waals surface area contributed by atoms with Gasteiger partial charge in [-0.25, -0.2) is 0 Å². The zero-order chi connectivity index (χ0) is 10.8. The molecule has 1 rings (SSSR count). The molecule has 1 unspecified atom stereocenters. The topological polar surface area (TPSA) is 44.1 Å². The predicted octanol–water partition coefficient (Wildman–Crippen LogP) is 1.94. The molecule has 0 aromatic rings. The Morgan fingerprint density at radius 1 is 1.64 bits per heavy atom. The van der Waals surface area contributed by atoms with Crippen LogP contribution in [0.4, 0.5) is 0 Å². The zero-order valence-electron chi connectivity index (χ0n) is 9.21. The van der Waals surface area contributed by atoms with Crippen molar-refractivity contribution in [2.24, 2.45) is 5.92 Å². The molecule has 14 heavy (non-hydrogen) atoms. The molecule has 0 aromatic heterocycles. The molecule has 0 N–H and O–H groups in total. The number of carbonyl (C=O) groups is 1. The summed E-state index contributed by atoms with van der Waals surface area (Å²) in [6.07, 6.45) is 2.47. The summed E-state index contributed by atoms with van der Waals surface area (Å²) in [6.45, 7) is 6.88. The monoisotopic (exact) mass is 194 g/mol. The molecule has 3 heteroatoms. The first kappa shape index (κ1) is 11.0. The molecule has 1 fully saturated rings. The van der Waals surface area contributed by atoms with Gasteiger partial charge in [0.1, 0.15) is 0 Å². The van der Waals surface area contributed by atoms with E-state index in [0.717, 1.165) is 12.8 Å². The van der Waals surface area contributed by atoms with Gasteiger partial charge in [0, 0.05) is 18.5 Å². The number of hydrogen-bond donors (Lipinski definition) is 0. The van der Waals surface area contributed by atoms with Gasteiger partial charge in [0.2, 0.25) is 5.91 Å². The molecule has 0 saturated carbocycles. The SMILES string of the molecule is CCCC(C)(C)N1CC(C#N)CC1=O. The van der Waals surface area contributed by atoms with E-state index in [9.17, 15) is 4.79 Å². The predicted molar refractivity (Wildman–Crippen MR) is 54.4 cm³/mol. The Hall–Kier alpha value is -1.04. The van der Waals surface area contributed by atoms with Gasteiger partial charge in [-0.1, -0.05) is 13.3 Å². The van der Waals surface area contributed by atoms with Crippen LogP contribution in [0, 0.1) is 17.2 Å². The third kappa shape index (κ3) is 2.06. The molecular formula is C11H18N2O. The van der Waals surface area contributed by atoms with Crippen LogP contribution in [0.2, 0.25) is 0 Å². The first-order valence-electron chi connectivity index (χ1n) is 5.21. The number of nitrogens with zero attached hydrogens (tertiary/aromatic N) is 2. The van der Waals surface area contributed by atoms with Gasteiger partial charge < -0.3 is 4.90 Å². The van der Waals surface area contributed by atoms with Gasteiger partial charge in [-0.2, -0.15) is 5.26 Å². The highest BCUT2D eigenvalue weighted by atomic mass is 16.2. The molecule has 1 saturated heterocycles. The summed E-state index contributed by atoms with van der Waals surface area (Å²) in [6, 6.07) is 2.18. The average Bonchev–Trinajstić information content (AvgIpc) is 2.47. The van der Waals surface area contributed by atoms with Crippen molar-refractivity contribution in [3.63, 3.8) is 0 Å². The Labute approximate surface area is 85.7 Å². The lowest BCUT2D eigenvalue weighted by atomic mass is 9.97. The van der Waals surface area contributed by atoms with Crippen LogP contribution in [0.25, 0.3) is 0 Å². The van der Waals surface area contributed by atoms with E-state index in [1.807, 2.05) is 4.90 Å². The van der Waals surface area contributed by atoms with Gasteiger partial charge in [0.25, 0.3) is 0 Å². The van der Waals surface area contributed by atoms with Crippen molar-refractivity contribution in [1.29, 1.82) is 5.26 Å². The van der Waals surface area contributed by atoms with Crippen molar-refractivity contribution in [1.82, 2.24) is 4.90 Å². The second-order valence-corrected chi connectivity index (χ2v) is 4.60. The third-order valence-electron chi connectivity index (χ3n) is 2.90. The summed E-state index contributed by atoms with van der Waals surface area (Å²) in [5, 5.41) is 8.77. The smallest absolute Gasteiger partial charge is 0.224 e. The maximum atomic E-state index is 11.6. The minimum atomic E-state index is -0.0985. The Morgan fingerprint density at radius 2 is 2.29 bits per heavy atom. The summed E-state index contributed by atoms with van der Waals surface area (Å²) in [7, 11) is 0. The minimum Gasteiger partial charge on any atom is -0.336 e. The first-order chi connectivity index (χ1) is 6.51. The van der Waals surface area contributed by atoms with Crippen LogP contribution < -0.4 is 0 Å². The van der Waals surface area contributed by atoms with E-state index in [1.165, 1.54) is 0 Å². The largest absolute Gasteiger partial charge is 0.336 e. The van der Waals surface area contributed by atoms with Crippen LogP contribution in [-0.2, 0) is 4.79 Å². The highest BCUT2D eigenvalue weighted by Crippen LogP contribution is 2.28. The highest BCUT2D eigenvalue weighted by molar-refractivity contribution is 5.79. The van der Waals surface area contributed by atoms with E-state index in [4.69, 9.17) is 5.26 Å². The fourth-order valence-electron chi connectivity index (χ4n) is 2.13. The van der Waals surface area contributed by atoms with Crippen molar-refractivity contribution in [2.45, 2.75) is 45.6 Å². The molecule has 1 amide bonds. The number of rotatable bonds is 3. The molecule has 1 heterocycles. The van der Waals surface area contributed by atoms with E-state index >= 15 is 0 Å². The molecule has 0 aliphatic carbocycles. The molecule has 0 bridgehead atoms. The molecule has 0 aromatic carbocycles. The number of likely N-dealkylation sites (tertiary alicyclic amines) is 1. The number of amides is 1. The average molecular weight is 194 g/mol. The van der Waals surface area contributed by atoms with E-state index < -0.39 is 0 Å². The number of carbonyl (C=O) groups excluding carboxylic acids is 1. The Bertz CT molecular complexity index is 265. The maximum absolute atomic E-state index is 11.6. The highest BCUT2D eigenvalue weighted by Gasteiger charge is 2.38. The minimum absolute atomic E-state index is 0.0859. The zero-order valence-corrected chi connectivity index (χ0v) is 9.21. The lowest BCUT2D eigenvalue weighted by molar-refractivity contribution is -0.132. The van der Waals surface area contributed by atoms with E-state index in [1.54, 1.807) is 0 Å². The van der Waals surface area contributed by atoms with Gasteiger partial charge in [-0.15, -0.1) is 0 Å². The van der Waals surface area contributed by atoms with Crippen molar-refractivity contribution >= 4 is 5.91 Å². The summed E-state index contributed by atoms with van der Waals surface area (Å²) >= 11 is 0. The summed E-state index contributed by atoms with van der Waals surface area (Å²) in [5.74, 6) is 0.0358. The molecule has 3 nitrogen and oxygen atoms in total. The summed E-state index contributed by atoms with van der Waals surface area (Å²) in [5.41, 5.74) is -0.0859. The third-order valence-corrected chi connectivity index (χ3v) is 2.90. The Balaban J connectivity index is 2.70. The van der Waals surface area contributed by atoms with Crippen LogP contribution in [-0.4, -0.2) is 22.9 Å². The van der Waals surface area contributed by atoms with Crippen LogP contribution >= 0.6 is 0 Å². The fourth-order valence-corrected chi connectivity index (χ4v) is 2.13. The molecule has 0 radical (unpaired) electrons. The second kappa shape index (κ2) is 4.00. The van der Waals surface area contributed by atoms with Crippen LogP contribution in [0.5, 0.6) is 0 Å². The first-order valence-corrected chi connectivity index (χ1v) is 5.21. The molecular weight excluding hydrogens is 176 g/mol. The molecule has 0 spiro atoms. The van der Waals surface area contributed by atoms with Crippen molar-refractivity contribution in [2.75, 3.05) is 6.54 Å². The molecule has 1 aliphatic rings. The summed E-state index contributed by atoms with van der Waals surface area (Å²) in [4.78, 5) is 13.5. The van der Waals surface area contributed by atoms with E-state index in [2.05, 4.69) is 26.8 Å². The van der Waals surface area contributed by atoms with Crippen molar-refractivity contribution in [3.05, 3.63) is 0 Å². The Morgan fingerprint density at radius 3 is 2.71 bits per heavy atom. The van der Waals surface area contributed by atoms with Crippen molar-refractivity contribution < 1.29 is 4.79 Å². The standard InChI is InChI=1S/C11H18N2O/c1-4-5-11(2,3)13-8-9(7-12)6-10(13)14/h9H,4-6,8H2,1-3H3. The van der Waals surface area contributed by atoms with E-state index in [0.29, 0.717) is 13.0 Å². The molecule has 1 atom stereocenters. The normalized spacial score (nSPS) is 22.6. The Kier molecular flexibility index (Phi) is 3.15. The van der Waals surface area contributed by atoms with Gasteiger partial charge in [-0.3, -0.25) is 4.79 Å². The van der Waals surface area contributed by atoms with Gasteiger partial charge in [0.05, 0.1) is 12.0 Å². The van der Waals surface area contributed by atoms with Crippen LogP contribution in [0.1, 0.15) is 40.0 Å². The number of nitriles is 1. The summed E-state index contributed by atoms with van der Waals surface area (Å²) < 4.78 is 0. The van der Waals surface area contributed by atoms with E-state index in [-0.39, 0.29) is 17.4 Å². The van der Waals surface area contributed by atoms with Gasteiger partial charge >= 0.3 is 0 Å². The van der Waals surface area contributed by atoms with Crippen molar-refractivity contribution in [3.8, 4) is 6.07 Å².